The van der Waals surface area contributed by atoms with Gasteiger partial charge in [0.25, 0.3) is 0 Å². The van der Waals surface area contributed by atoms with Crippen molar-refractivity contribution in [1.82, 2.24) is 0 Å². The smallest absolute Gasteiger partial charge is 0.218 e. The van der Waals surface area contributed by atoms with Crippen LogP contribution < -0.4 is 0 Å². The maximum absolute atomic E-state index is 10.3. The second-order valence-electron chi connectivity index (χ2n) is 2.21. The highest BCUT2D eigenvalue weighted by molar-refractivity contribution is 7.96. The number of allylic oxidation sites excluding steroid dienone is 1. The highest BCUT2D eigenvalue weighted by atomic mass is 32.1. The van der Waals surface area contributed by atoms with Gasteiger partial charge in [-0.3, -0.25) is 4.79 Å². The minimum absolute atomic E-state index is 0.149. The molecular formula is C7H11OS. The summed E-state index contributed by atoms with van der Waals surface area (Å²) < 4.78 is 0. The van der Waals surface area contributed by atoms with E-state index in [0.717, 1.165) is 6.42 Å². The van der Waals surface area contributed by atoms with Crippen LogP contribution in [0.25, 0.3) is 0 Å². The minimum Gasteiger partial charge on any atom is -0.282 e. The zero-order valence-corrected chi connectivity index (χ0v) is 6.41. The third-order valence-electron chi connectivity index (χ3n) is 1.08. The Labute approximate surface area is 61.6 Å². The Balaban J connectivity index is 3.37. The average Bonchev–Trinajstić information content (AvgIpc) is 1.63. The van der Waals surface area contributed by atoms with E-state index in [-0.39, 0.29) is 5.12 Å². The van der Waals surface area contributed by atoms with E-state index in [9.17, 15) is 4.79 Å². The standard InChI is InChI=1S/C7H11OS/c1-3-4-6(2)5-7(8)9/h3,6H,1,4-5H2,2H3. The normalized spacial score (nSPS) is 12.6. The zero-order chi connectivity index (χ0) is 7.28. The number of carbonyl (C=O) groups is 1. The molecule has 0 N–H and O–H groups in total. The highest BCUT2D eigenvalue weighted by Gasteiger charge is 2.03. The average molecular weight is 143 g/mol. The lowest BCUT2D eigenvalue weighted by Crippen LogP contribution is -1.97. The summed E-state index contributed by atoms with van der Waals surface area (Å²) in [5, 5.41) is -0.149. The molecule has 0 saturated carbocycles. The molecule has 51 valence electrons. The summed E-state index contributed by atoms with van der Waals surface area (Å²) in [6.45, 7) is 5.55. The third-order valence-corrected chi connectivity index (χ3v) is 1.25. The Morgan fingerprint density at radius 1 is 1.89 bits per heavy atom. The molecule has 1 unspecified atom stereocenters. The van der Waals surface area contributed by atoms with Gasteiger partial charge in [-0.25, -0.2) is 0 Å². The summed E-state index contributed by atoms with van der Waals surface area (Å²) in [4.78, 5) is 10.3. The van der Waals surface area contributed by atoms with Gasteiger partial charge in [0.15, 0.2) is 0 Å². The van der Waals surface area contributed by atoms with Gasteiger partial charge in [0.1, 0.15) is 0 Å². The van der Waals surface area contributed by atoms with Gasteiger partial charge in [-0.15, -0.1) is 6.58 Å². The van der Waals surface area contributed by atoms with Gasteiger partial charge in [-0.1, -0.05) is 13.0 Å². The molecule has 2 heteroatoms. The van der Waals surface area contributed by atoms with Crippen LogP contribution in [-0.2, 0) is 4.79 Å². The van der Waals surface area contributed by atoms with Crippen molar-refractivity contribution >= 4 is 17.7 Å². The fraction of sp³-hybridized carbons (Fsp3) is 0.571. The van der Waals surface area contributed by atoms with E-state index in [1.165, 1.54) is 0 Å². The molecule has 0 fully saturated rings. The molecule has 0 saturated heterocycles. The molecule has 0 aromatic heterocycles. The van der Waals surface area contributed by atoms with E-state index in [1.807, 2.05) is 13.0 Å². The molecule has 0 heterocycles. The Hall–Kier alpha value is -0.370. The molecule has 0 aliphatic carbocycles. The van der Waals surface area contributed by atoms with Crippen LogP contribution in [0.15, 0.2) is 12.7 Å². The number of hydrogen-bond acceptors (Lipinski definition) is 1. The van der Waals surface area contributed by atoms with Crippen LogP contribution in [0, 0.1) is 5.92 Å². The molecule has 1 nitrogen and oxygen atoms in total. The molecule has 0 rings (SSSR count). The first-order chi connectivity index (χ1) is 4.16. The van der Waals surface area contributed by atoms with Gasteiger partial charge in [0.2, 0.25) is 5.12 Å². The topological polar surface area (TPSA) is 17.1 Å². The number of hydrogen-bond donors (Lipinski definition) is 0. The fourth-order valence-corrected chi connectivity index (χ4v) is 0.937. The van der Waals surface area contributed by atoms with Gasteiger partial charge in [-0.05, 0) is 25.0 Å². The van der Waals surface area contributed by atoms with Crippen molar-refractivity contribution in [2.45, 2.75) is 19.8 Å². The quantitative estimate of drug-likeness (QED) is 0.552. The van der Waals surface area contributed by atoms with Crippen molar-refractivity contribution in [3.8, 4) is 0 Å². The fourth-order valence-electron chi connectivity index (χ4n) is 0.652. The molecule has 0 amide bonds. The van der Waals surface area contributed by atoms with Gasteiger partial charge in [0.05, 0.1) is 0 Å². The van der Waals surface area contributed by atoms with Crippen LogP contribution >= 0.6 is 12.6 Å². The van der Waals surface area contributed by atoms with Crippen LogP contribution in [-0.4, -0.2) is 5.12 Å². The molecule has 0 aromatic rings. The monoisotopic (exact) mass is 143 g/mol. The van der Waals surface area contributed by atoms with E-state index < -0.39 is 0 Å². The van der Waals surface area contributed by atoms with Gasteiger partial charge in [0, 0.05) is 6.42 Å². The predicted octanol–water partition coefficient (Wildman–Crippen LogP) is 2.31. The first-order valence-corrected chi connectivity index (χ1v) is 3.38. The summed E-state index contributed by atoms with van der Waals surface area (Å²) >= 11 is 4.40. The van der Waals surface area contributed by atoms with Crippen LogP contribution in [0.5, 0.6) is 0 Å². The number of carbonyl (C=O) groups excluding carboxylic acids is 1. The van der Waals surface area contributed by atoms with Gasteiger partial charge < -0.3 is 0 Å². The first-order valence-electron chi connectivity index (χ1n) is 2.97. The van der Waals surface area contributed by atoms with Crippen LogP contribution in [0.4, 0.5) is 0 Å². The highest BCUT2D eigenvalue weighted by Crippen LogP contribution is 2.08. The van der Waals surface area contributed by atoms with E-state index in [0.29, 0.717) is 12.3 Å². The summed E-state index contributed by atoms with van der Waals surface area (Å²) in [6.07, 6.45) is 3.19. The summed E-state index contributed by atoms with van der Waals surface area (Å²) in [5.74, 6) is 0.368. The maximum Gasteiger partial charge on any atom is 0.218 e. The predicted molar refractivity (Wildman–Crippen MR) is 41.2 cm³/mol. The Kier molecular flexibility index (Phi) is 4.32. The lowest BCUT2D eigenvalue weighted by Gasteiger charge is -2.01. The molecule has 0 aliphatic rings. The molecular weight excluding hydrogens is 132 g/mol. The van der Waals surface area contributed by atoms with Gasteiger partial charge in [-0.2, -0.15) is 0 Å². The molecule has 9 heavy (non-hydrogen) atoms. The van der Waals surface area contributed by atoms with E-state index in [1.54, 1.807) is 0 Å². The van der Waals surface area contributed by atoms with Gasteiger partial charge >= 0.3 is 0 Å². The summed E-state index contributed by atoms with van der Waals surface area (Å²) in [6, 6.07) is 0. The SMILES string of the molecule is C=CCC(C)CC(=O)[S]. The molecule has 1 radical (unpaired) electrons. The first kappa shape index (κ1) is 8.63. The summed E-state index contributed by atoms with van der Waals surface area (Å²) in [7, 11) is 0. The second-order valence-corrected chi connectivity index (χ2v) is 2.66. The van der Waals surface area contributed by atoms with Crippen LogP contribution in [0.2, 0.25) is 0 Å². The summed E-state index contributed by atoms with van der Waals surface area (Å²) in [5.41, 5.74) is 0. The van der Waals surface area contributed by atoms with Crippen molar-refractivity contribution in [3.63, 3.8) is 0 Å². The Bertz CT molecular complexity index is 109. The lowest BCUT2D eigenvalue weighted by molar-refractivity contribution is -0.111. The lowest BCUT2D eigenvalue weighted by atomic mass is 10.1. The molecule has 0 aliphatic heterocycles. The van der Waals surface area contributed by atoms with E-state index >= 15 is 0 Å². The zero-order valence-electron chi connectivity index (χ0n) is 5.59. The second kappa shape index (κ2) is 4.50. The molecule has 0 spiro atoms. The van der Waals surface area contributed by atoms with Crippen molar-refractivity contribution in [2.24, 2.45) is 5.92 Å². The van der Waals surface area contributed by atoms with Crippen molar-refractivity contribution in [3.05, 3.63) is 12.7 Å². The van der Waals surface area contributed by atoms with Crippen molar-refractivity contribution < 1.29 is 4.79 Å². The van der Waals surface area contributed by atoms with Crippen molar-refractivity contribution in [2.75, 3.05) is 0 Å². The molecule has 1 atom stereocenters. The third kappa shape index (κ3) is 5.50. The van der Waals surface area contributed by atoms with Crippen LogP contribution in [0.1, 0.15) is 19.8 Å². The van der Waals surface area contributed by atoms with E-state index in [2.05, 4.69) is 19.2 Å². The molecule has 0 bridgehead atoms. The Morgan fingerprint density at radius 2 is 2.44 bits per heavy atom. The number of rotatable bonds is 4. The Morgan fingerprint density at radius 3 is 2.78 bits per heavy atom. The van der Waals surface area contributed by atoms with E-state index in [4.69, 9.17) is 0 Å². The molecule has 0 aromatic carbocycles. The maximum atomic E-state index is 10.3. The van der Waals surface area contributed by atoms with Crippen LogP contribution in [0.3, 0.4) is 0 Å². The minimum atomic E-state index is -0.149. The largest absolute Gasteiger partial charge is 0.282 e. The van der Waals surface area contributed by atoms with Crippen molar-refractivity contribution in [1.29, 1.82) is 0 Å².